The second-order valence-electron chi connectivity index (χ2n) is 9.44. The Morgan fingerprint density at radius 2 is 1.52 bits per heavy atom. The summed E-state index contributed by atoms with van der Waals surface area (Å²) >= 11 is 0. The van der Waals surface area contributed by atoms with E-state index in [4.69, 9.17) is 14.2 Å². The average Bonchev–Trinajstić information content (AvgIpc) is 3.23. The molecule has 0 aliphatic rings. The number of amides is 2. The van der Waals surface area contributed by atoms with E-state index in [1.165, 1.54) is 12.1 Å². The Kier molecular flexibility index (Phi) is 9.95. The van der Waals surface area contributed by atoms with Gasteiger partial charge in [-0.05, 0) is 51.5 Å². The van der Waals surface area contributed by atoms with E-state index in [-0.39, 0.29) is 23.0 Å². The van der Waals surface area contributed by atoms with Crippen molar-refractivity contribution >= 4 is 32.5 Å². The number of para-hydroxylation sites is 1. The summed E-state index contributed by atoms with van der Waals surface area (Å²) < 4.78 is 59.5. The van der Waals surface area contributed by atoms with Gasteiger partial charge in [0.1, 0.15) is 5.82 Å². The van der Waals surface area contributed by atoms with Crippen LogP contribution in [0.2, 0.25) is 0 Å². The average molecular weight is 598 g/mol. The van der Waals surface area contributed by atoms with Crippen molar-refractivity contribution in [3.63, 3.8) is 0 Å². The molecule has 0 saturated carbocycles. The molecule has 0 aliphatic heterocycles. The minimum Gasteiger partial charge on any atom is -0.490 e. The van der Waals surface area contributed by atoms with E-state index in [1.54, 1.807) is 43.3 Å². The van der Waals surface area contributed by atoms with Gasteiger partial charge in [-0.25, -0.2) is 17.6 Å². The second-order valence-corrected chi connectivity index (χ2v) is 11.5. The van der Waals surface area contributed by atoms with Crippen LogP contribution in [-0.2, 0) is 16.4 Å². The second kappa shape index (κ2) is 13.6. The van der Waals surface area contributed by atoms with Crippen LogP contribution in [0.5, 0.6) is 17.2 Å². The SMILES string of the molecule is CCOc1cc(NC(=O)NCCS(=O)(=O)c2c(C)n(Cc3ccc(F)cc3)c3ccccc23)cc(OCC)c1OCC. The number of fused-ring (bicyclic) bond motifs is 1. The first-order valence-electron chi connectivity index (χ1n) is 13.8. The molecule has 4 aromatic rings. The number of urea groups is 1. The molecule has 0 saturated heterocycles. The van der Waals surface area contributed by atoms with Gasteiger partial charge in [-0.15, -0.1) is 0 Å². The zero-order valence-corrected chi connectivity index (χ0v) is 25.0. The molecule has 2 N–H and O–H groups in total. The van der Waals surface area contributed by atoms with Crippen LogP contribution < -0.4 is 24.8 Å². The maximum absolute atomic E-state index is 13.6. The minimum absolute atomic E-state index is 0.112. The highest BCUT2D eigenvalue weighted by molar-refractivity contribution is 7.91. The highest BCUT2D eigenvalue weighted by atomic mass is 32.2. The highest BCUT2D eigenvalue weighted by Gasteiger charge is 2.25. The van der Waals surface area contributed by atoms with E-state index in [0.29, 0.717) is 60.4 Å². The molecule has 1 aromatic heterocycles. The van der Waals surface area contributed by atoms with Gasteiger partial charge in [-0.3, -0.25) is 0 Å². The van der Waals surface area contributed by atoms with Crippen LogP contribution in [0.4, 0.5) is 14.9 Å². The quantitative estimate of drug-likeness (QED) is 0.198. The molecule has 42 heavy (non-hydrogen) atoms. The van der Waals surface area contributed by atoms with Crippen molar-refractivity contribution < 1.29 is 31.8 Å². The number of aromatic nitrogens is 1. The van der Waals surface area contributed by atoms with Gasteiger partial charge in [0.25, 0.3) is 0 Å². The summed E-state index contributed by atoms with van der Waals surface area (Å²) in [5, 5.41) is 5.95. The van der Waals surface area contributed by atoms with Crippen molar-refractivity contribution in [1.82, 2.24) is 9.88 Å². The van der Waals surface area contributed by atoms with Gasteiger partial charge in [0, 0.05) is 41.8 Å². The standard InChI is InChI=1S/C31H36FN3O6S/c1-5-39-27-18-24(19-28(40-6-2)29(27)41-7-3)34-31(36)33-16-17-42(37,38)30-21(4)35(26-11-9-8-10-25(26)30)20-22-12-14-23(32)15-13-22/h8-15,18-19H,5-7,16-17,20H2,1-4H3,(H2,33,34,36). The molecule has 2 amide bonds. The first kappa shape index (κ1) is 30.7. The summed E-state index contributed by atoms with van der Waals surface area (Å²) in [6, 6.07) is 16.1. The molecule has 0 radical (unpaired) electrons. The summed E-state index contributed by atoms with van der Waals surface area (Å²) in [6.07, 6.45) is 0. The summed E-state index contributed by atoms with van der Waals surface area (Å²) in [5.74, 6) is 0.668. The molecule has 0 aliphatic carbocycles. The molecular formula is C31H36FN3O6S. The number of anilines is 1. The number of hydrogen-bond acceptors (Lipinski definition) is 6. The Balaban J connectivity index is 1.49. The molecule has 9 nitrogen and oxygen atoms in total. The topological polar surface area (TPSA) is 108 Å². The van der Waals surface area contributed by atoms with E-state index < -0.39 is 15.9 Å². The Morgan fingerprint density at radius 1 is 0.905 bits per heavy atom. The molecule has 0 unspecified atom stereocenters. The number of hydrogen-bond donors (Lipinski definition) is 2. The molecule has 0 atom stereocenters. The Morgan fingerprint density at radius 3 is 2.14 bits per heavy atom. The van der Waals surface area contributed by atoms with E-state index in [0.717, 1.165) is 11.1 Å². The fraction of sp³-hybridized carbons (Fsp3) is 0.323. The number of carbonyl (C=O) groups is 1. The van der Waals surface area contributed by atoms with E-state index in [1.807, 2.05) is 37.5 Å². The minimum atomic E-state index is -3.78. The monoisotopic (exact) mass is 597 g/mol. The lowest BCUT2D eigenvalue weighted by molar-refractivity contribution is 0.252. The normalized spacial score (nSPS) is 11.4. The van der Waals surface area contributed by atoms with Gasteiger partial charge in [-0.2, -0.15) is 0 Å². The largest absolute Gasteiger partial charge is 0.490 e. The Hall–Kier alpha value is -4.25. The van der Waals surface area contributed by atoms with Crippen LogP contribution in [-0.4, -0.2) is 51.1 Å². The van der Waals surface area contributed by atoms with Crippen molar-refractivity contribution in [2.75, 3.05) is 37.4 Å². The summed E-state index contributed by atoms with van der Waals surface area (Å²) in [6.45, 7) is 8.75. The Labute approximate surface area is 245 Å². The first-order chi connectivity index (χ1) is 20.2. The molecular weight excluding hydrogens is 561 g/mol. The number of nitrogens with one attached hydrogen (secondary N) is 2. The van der Waals surface area contributed by atoms with Gasteiger partial charge in [0.2, 0.25) is 5.75 Å². The smallest absolute Gasteiger partial charge is 0.319 e. The van der Waals surface area contributed by atoms with Gasteiger partial charge in [0.05, 0.1) is 36.2 Å². The molecule has 0 bridgehead atoms. The van der Waals surface area contributed by atoms with Crippen molar-refractivity contribution in [3.8, 4) is 17.2 Å². The molecule has 224 valence electrons. The fourth-order valence-electron chi connectivity index (χ4n) is 4.81. The fourth-order valence-corrected chi connectivity index (χ4v) is 6.45. The molecule has 4 rings (SSSR count). The molecule has 3 aromatic carbocycles. The van der Waals surface area contributed by atoms with Crippen molar-refractivity contribution in [3.05, 3.63) is 77.7 Å². The molecule has 0 fully saturated rings. The summed E-state index contributed by atoms with van der Waals surface area (Å²) in [5.41, 5.74) is 2.59. The van der Waals surface area contributed by atoms with Crippen LogP contribution in [0, 0.1) is 12.7 Å². The third-order valence-electron chi connectivity index (χ3n) is 6.56. The molecule has 0 spiro atoms. The van der Waals surface area contributed by atoms with Crippen molar-refractivity contribution in [1.29, 1.82) is 0 Å². The van der Waals surface area contributed by atoms with Crippen LogP contribution in [0.3, 0.4) is 0 Å². The number of benzene rings is 3. The lowest BCUT2D eigenvalue weighted by Crippen LogP contribution is -2.33. The van der Waals surface area contributed by atoms with Crippen molar-refractivity contribution in [2.45, 2.75) is 39.1 Å². The Bertz CT molecular complexity index is 1620. The van der Waals surface area contributed by atoms with E-state index in [9.17, 15) is 17.6 Å². The van der Waals surface area contributed by atoms with Crippen LogP contribution in [0.1, 0.15) is 32.0 Å². The molecule has 11 heteroatoms. The van der Waals surface area contributed by atoms with Crippen LogP contribution in [0.15, 0.2) is 65.6 Å². The molecule has 1 heterocycles. The van der Waals surface area contributed by atoms with Gasteiger partial charge >= 0.3 is 6.03 Å². The van der Waals surface area contributed by atoms with Gasteiger partial charge in [0.15, 0.2) is 21.3 Å². The zero-order valence-electron chi connectivity index (χ0n) is 24.2. The third-order valence-corrected chi connectivity index (χ3v) is 8.44. The predicted octanol–water partition coefficient (Wildman–Crippen LogP) is 5.93. The lowest BCUT2D eigenvalue weighted by atomic mass is 10.2. The zero-order chi connectivity index (χ0) is 30.3. The number of rotatable bonds is 13. The first-order valence-corrected chi connectivity index (χ1v) is 15.5. The van der Waals surface area contributed by atoms with Gasteiger partial charge in [-0.1, -0.05) is 30.3 Å². The number of nitrogens with zero attached hydrogens (tertiary/aromatic N) is 1. The number of sulfone groups is 1. The van der Waals surface area contributed by atoms with Crippen LogP contribution >= 0.6 is 0 Å². The summed E-state index contributed by atoms with van der Waals surface area (Å²) in [7, 11) is -3.78. The number of carbonyl (C=O) groups excluding carboxylic acids is 1. The highest BCUT2D eigenvalue weighted by Crippen LogP contribution is 2.41. The third kappa shape index (κ3) is 6.96. The van der Waals surface area contributed by atoms with Crippen LogP contribution in [0.25, 0.3) is 10.9 Å². The number of halogens is 1. The van der Waals surface area contributed by atoms with E-state index >= 15 is 0 Å². The van der Waals surface area contributed by atoms with Gasteiger partial charge < -0.3 is 29.4 Å². The maximum Gasteiger partial charge on any atom is 0.319 e. The maximum atomic E-state index is 13.6. The lowest BCUT2D eigenvalue weighted by Gasteiger charge is -2.17. The predicted molar refractivity (Wildman–Crippen MR) is 161 cm³/mol. The van der Waals surface area contributed by atoms with Crippen molar-refractivity contribution in [2.24, 2.45) is 0 Å². The van der Waals surface area contributed by atoms with E-state index in [2.05, 4.69) is 10.6 Å². The summed E-state index contributed by atoms with van der Waals surface area (Å²) in [4.78, 5) is 13.0. The number of ether oxygens (including phenoxy) is 3.